The summed E-state index contributed by atoms with van der Waals surface area (Å²) in [4.78, 5) is 0. The highest BCUT2D eigenvalue weighted by atomic mass is 32.1. The Kier molecular flexibility index (Phi) is 4.88. The van der Waals surface area contributed by atoms with Gasteiger partial charge in [0.15, 0.2) is 4.77 Å². The molecule has 0 bridgehead atoms. The molecule has 0 aliphatic rings. The van der Waals surface area contributed by atoms with Gasteiger partial charge in [-0.15, -0.1) is 0 Å². The lowest BCUT2D eigenvalue weighted by Crippen LogP contribution is -2.02. The third-order valence-electron chi connectivity index (χ3n) is 3.51. The van der Waals surface area contributed by atoms with E-state index in [1.807, 2.05) is 47.0 Å². The van der Waals surface area contributed by atoms with Crippen LogP contribution in [0.15, 0.2) is 54.6 Å². The number of nitrogens with zero attached hydrogens (tertiary/aromatic N) is 2. The first-order chi connectivity index (χ1) is 11.3. The quantitative estimate of drug-likeness (QED) is 0.687. The van der Waals surface area contributed by atoms with Gasteiger partial charge >= 0.3 is 0 Å². The van der Waals surface area contributed by atoms with Crippen molar-refractivity contribution in [1.29, 1.82) is 0 Å². The molecule has 0 saturated heterocycles. The lowest BCUT2D eigenvalue weighted by Gasteiger charge is -2.08. The lowest BCUT2D eigenvalue weighted by molar-refractivity contribution is 0.317. The van der Waals surface area contributed by atoms with Gasteiger partial charge in [0.05, 0.1) is 6.61 Å². The van der Waals surface area contributed by atoms with Gasteiger partial charge in [0, 0.05) is 12.1 Å². The van der Waals surface area contributed by atoms with Crippen LogP contribution in [0.4, 0.5) is 0 Å². The fraction of sp³-hybridized carbons (Fsp3) is 0.222. The molecule has 3 rings (SSSR count). The van der Waals surface area contributed by atoms with E-state index < -0.39 is 0 Å². The molecule has 23 heavy (non-hydrogen) atoms. The third kappa shape index (κ3) is 3.68. The molecular weight excluding hydrogens is 306 g/mol. The standard InChI is InChI=1S/C18H19N3OS/c1-2-12-22-16-10-8-14(9-11-16)13-17-19-20-18(23)21(17)15-6-4-3-5-7-15/h3-11H,2,12-13H2,1H3,(H,20,23). The highest BCUT2D eigenvalue weighted by molar-refractivity contribution is 7.71. The van der Waals surface area contributed by atoms with Crippen LogP contribution in [0.2, 0.25) is 0 Å². The molecule has 0 fully saturated rings. The molecule has 0 amide bonds. The van der Waals surface area contributed by atoms with E-state index in [0.717, 1.165) is 30.3 Å². The molecule has 3 aromatic rings. The Labute approximate surface area is 140 Å². The molecule has 4 nitrogen and oxygen atoms in total. The molecule has 5 heteroatoms. The average Bonchev–Trinajstić information content (AvgIpc) is 2.95. The van der Waals surface area contributed by atoms with Crippen molar-refractivity contribution < 1.29 is 4.74 Å². The van der Waals surface area contributed by atoms with E-state index in [-0.39, 0.29) is 0 Å². The third-order valence-corrected chi connectivity index (χ3v) is 3.79. The summed E-state index contributed by atoms with van der Waals surface area (Å²) < 4.78 is 8.19. The first-order valence-corrected chi connectivity index (χ1v) is 8.12. The molecule has 118 valence electrons. The summed E-state index contributed by atoms with van der Waals surface area (Å²) in [5, 5.41) is 7.26. The number of hydrogen-bond donors (Lipinski definition) is 1. The Balaban J connectivity index is 1.83. The van der Waals surface area contributed by atoms with Gasteiger partial charge in [0.2, 0.25) is 0 Å². The van der Waals surface area contributed by atoms with Crippen molar-refractivity contribution in [2.24, 2.45) is 0 Å². The summed E-state index contributed by atoms with van der Waals surface area (Å²) in [6, 6.07) is 18.2. The number of ether oxygens (including phenoxy) is 1. The van der Waals surface area contributed by atoms with Crippen LogP contribution < -0.4 is 4.74 Å². The Morgan fingerprint density at radius 2 is 1.83 bits per heavy atom. The van der Waals surface area contributed by atoms with Gasteiger partial charge in [-0.25, -0.2) is 0 Å². The van der Waals surface area contributed by atoms with Crippen LogP contribution in [-0.4, -0.2) is 21.4 Å². The molecule has 0 unspecified atom stereocenters. The molecule has 0 radical (unpaired) electrons. The minimum Gasteiger partial charge on any atom is -0.494 e. The zero-order valence-electron chi connectivity index (χ0n) is 13.0. The Morgan fingerprint density at radius 1 is 1.09 bits per heavy atom. The zero-order chi connectivity index (χ0) is 16.1. The first-order valence-electron chi connectivity index (χ1n) is 7.71. The van der Waals surface area contributed by atoms with Gasteiger partial charge in [-0.05, 0) is 48.5 Å². The predicted molar refractivity (Wildman–Crippen MR) is 93.8 cm³/mol. The molecule has 1 heterocycles. The first kappa shape index (κ1) is 15.5. The SMILES string of the molecule is CCCOc1ccc(Cc2n[nH]c(=S)n2-c2ccccc2)cc1. The molecular formula is C18H19N3OS. The summed E-state index contributed by atoms with van der Waals surface area (Å²) in [5.41, 5.74) is 2.18. The lowest BCUT2D eigenvalue weighted by atomic mass is 10.1. The van der Waals surface area contributed by atoms with Crippen LogP contribution in [0.3, 0.4) is 0 Å². The maximum atomic E-state index is 5.61. The Bertz CT molecular complexity index is 806. The van der Waals surface area contributed by atoms with Crippen molar-refractivity contribution in [3.63, 3.8) is 0 Å². The van der Waals surface area contributed by atoms with Gasteiger partial charge in [-0.1, -0.05) is 37.3 Å². The van der Waals surface area contributed by atoms with E-state index >= 15 is 0 Å². The molecule has 0 aliphatic carbocycles. The smallest absolute Gasteiger partial charge is 0.199 e. The number of nitrogens with one attached hydrogen (secondary N) is 1. The van der Waals surface area contributed by atoms with E-state index in [9.17, 15) is 0 Å². The summed E-state index contributed by atoms with van der Waals surface area (Å²) >= 11 is 5.36. The number of aromatic amines is 1. The topological polar surface area (TPSA) is 42.8 Å². The Morgan fingerprint density at radius 3 is 2.52 bits per heavy atom. The predicted octanol–water partition coefficient (Wildman–Crippen LogP) is 4.31. The molecule has 0 saturated carbocycles. The summed E-state index contributed by atoms with van der Waals surface area (Å²) in [5.74, 6) is 1.79. The van der Waals surface area contributed by atoms with Crippen LogP contribution in [0.5, 0.6) is 5.75 Å². The van der Waals surface area contributed by atoms with E-state index in [0.29, 0.717) is 11.2 Å². The molecule has 0 atom stereocenters. The number of benzene rings is 2. The van der Waals surface area contributed by atoms with Gasteiger partial charge < -0.3 is 4.74 Å². The number of aromatic nitrogens is 3. The fourth-order valence-electron chi connectivity index (χ4n) is 2.40. The van der Waals surface area contributed by atoms with Gasteiger partial charge in [0.1, 0.15) is 11.6 Å². The molecule has 1 aromatic heterocycles. The van der Waals surface area contributed by atoms with Crippen LogP contribution in [0.1, 0.15) is 24.7 Å². The van der Waals surface area contributed by atoms with Crippen molar-refractivity contribution in [3.05, 3.63) is 70.8 Å². The van der Waals surface area contributed by atoms with E-state index in [1.165, 1.54) is 5.56 Å². The van der Waals surface area contributed by atoms with E-state index in [4.69, 9.17) is 17.0 Å². The number of para-hydroxylation sites is 1. The minimum absolute atomic E-state index is 0.606. The molecule has 0 spiro atoms. The summed E-state index contributed by atoms with van der Waals surface area (Å²) in [6.45, 7) is 2.84. The number of rotatable bonds is 6. The largest absolute Gasteiger partial charge is 0.494 e. The van der Waals surface area contributed by atoms with Crippen molar-refractivity contribution in [1.82, 2.24) is 14.8 Å². The van der Waals surface area contributed by atoms with Crippen molar-refractivity contribution in [3.8, 4) is 11.4 Å². The number of H-pyrrole nitrogens is 1. The second-order valence-electron chi connectivity index (χ2n) is 5.29. The normalized spacial score (nSPS) is 10.7. The summed E-state index contributed by atoms with van der Waals surface area (Å²) in [6.07, 6.45) is 1.71. The Hall–Kier alpha value is -2.40. The van der Waals surface area contributed by atoms with Crippen LogP contribution >= 0.6 is 12.2 Å². The average molecular weight is 325 g/mol. The summed E-state index contributed by atoms with van der Waals surface area (Å²) in [7, 11) is 0. The zero-order valence-corrected chi connectivity index (χ0v) is 13.8. The van der Waals surface area contributed by atoms with Crippen molar-refractivity contribution in [2.45, 2.75) is 19.8 Å². The van der Waals surface area contributed by atoms with E-state index in [1.54, 1.807) is 0 Å². The van der Waals surface area contributed by atoms with Crippen LogP contribution in [-0.2, 0) is 6.42 Å². The molecule has 0 aliphatic heterocycles. The van der Waals surface area contributed by atoms with Gasteiger partial charge in [-0.2, -0.15) is 5.10 Å². The van der Waals surface area contributed by atoms with Crippen molar-refractivity contribution >= 4 is 12.2 Å². The van der Waals surface area contributed by atoms with Gasteiger partial charge in [-0.3, -0.25) is 9.67 Å². The monoisotopic (exact) mass is 325 g/mol. The van der Waals surface area contributed by atoms with Crippen molar-refractivity contribution in [2.75, 3.05) is 6.61 Å². The van der Waals surface area contributed by atoms with E-state index in [2.05, 4.69) is 29.3 Å². The van der Waals surface area contributed by atoms with Crippen LogP contribution in [0, 0.1) is 4.77 Å². The second-order valence-corrected chi connectivity index (χ2v) is 5.67. The maximum Gasteiger partial charge on any atom is 0.199 e. The maximum absolute atomic E-state index is 5.61. The molecule has 1 N–H and O–H groups in total. The molecule has 2 aromatic carbocycles. The van der Waals surface area contributed by atoms with Gasteiger partial charge in [0.25, 0.3) is 0 Å². The fourth-order valence-corrected chi connectivity index (χ4v) is 2.65. The minimum atomic E-state index is 0.606. The second kappa shape index (κ2) is 7.24. The number of hydrogen-bond acceptors (Lipinski definition) is 3. The highest BCUT2D eigenvalue weighted by Crippen LogP contribution is 2.17. The highest BCUT2D eigenvalue weighted by Gasteiger charge is 2.09. The van der Waals surface area contributed by atoms with Crippen LogP contribution in [0.25, 0.3) is 5.69 Å².